The number of rotatable bonds is 6. The first-order valence-electron chi connectivity index (χ1n) is 7.11. The summed E-state index contributed by atoms with van der Waals surface area (Å²) in [5.74, 6) is -0.274. The van der Waals surface area contributed by atoms with E-state index in [9.17, 15) is 9.59 Å². The fourth-order valence-electron chi connectivity index (χ4n) is 2.58. The van der Waals surface area contributed by atoms with Gasteiger partial charge >= 0.3 is 5.69 Å². The summed E-state index contributed by atoms with van der Waals surface area (Å²) in [4.78, 5) is 22.6. The fraction of sp³-hybridized carbons (Fsp3) is 0.467. The summed E-state index contributed by atoms with van der Waals surface area (Å²) in [6.45, 7) is 0. The number of aryl methyl sites for hydroxylation is 2. The third-order valence-electron chi connectivity index (χ3n) is 3.91. The predicted molar refractivity (Wildman–Crippen MR) is 82.8 cm³/mol. The first-order chi connectivity index (χ1) is 9.91. The molecule has 0 saturated carbocycles. The number of carbonyl (C=O) groups is 1. The zero-order chi connectivity index (χ0) is 15.6. The Hall–Kier alpha value is -2.08. The van der Waals surface area contributed by atoms with Gasteiger partial charge in [0.25, 0.3) is 0 Å². The number of imidazole rings is 1. The molecule has 6 heteroatoms. The Kier molecular flexibility index (Phi) is 4.47. The molecule has 1 aromatic carbocycles. The molecule has 2 aromatic rings. The minimum absolute atomic E-state index is 0.0443. The number of primary amides is 1. The molecule has 114 valence electrons. The minimum atomic E-state index is -0.274. The number of nitrogens with two attached hydrogens (primary N) is 2. The highest BCUT2D eigenvalue weighted by molar-refractivity contribution is 5.77. The van der Waals surface area contributed by atoms with E-state index in [4.69, 9.17) is 11.5 Å². The largest absolute Gasteiger partial charge is 0.370 e. The first-order valence-corrected chi connectivity index (χ1v) is 7.11. The maximum atomic E-state index is 11.9. The molecule has 1 aromatic heterocycles. The van der Waals surface area contributed by atoms with Crippen molar-refractivity contribution in [2.75, 3.05) is 0 Å². The van der Waals surface area contributed by atoms with Crippen molar-refractivity contribution < 1.29 is 4.79 Å². The molecular weight excluding hydrogens is 268 g/mol. The van der Waals surface area contributed by atoms with Crippen LogP contribution in [0, 0.1) is 0 Å². The molecule has 21 heavy (non-hydrogen) atoms. The van der Waals surface area contributed by atoms with Crippen LogP contribution in [-0.2, 0) is 18.9 Å². The molecule has 0 radical (unpaired) electrons. The van der Waals surface area contributed by atoms with E-state index in [1.165, 1.54) is 0 Å². The number of nitrogens with zero attached hydrogens (tertiary/aromatic N) is 2. The van der Waals surface area contributed by atoms with E-state index in [2.05, 4.69) is 0 Å². The molecule has 0 saturated heterocycles. The second-order valence-corrected chi connectivity index (χ2v) is 5.47. The lowest BCUT2D eigenvalue weighted by molar-refractivity contribution is -0.118. The van der Waals surface area contributed by atoms with Gasteiger partial charge in [-0.3, -0.25) is 13.9 Å². The van der Waals surface area contributed by atoms with Gasteiger partial charge in [0.2, 0.25) is 5.91 Å². The summed E-state index contributed by atoms with van der Waals surface area (Å²) < 4.78 is 3.25. The number of hydrogen-bond donors (Lipinski definition) is 2. The molecule has 0 fully saturated rings. The standard InChI is InChI=1S/C15H22N4O2/c1-18-12-8-7-10(9-13(12)19(2)15(18)21)11(16)5-3-4-6-14(17)20/h7-9,11H,3-6,16H2,1-2H3,(H2,17,20). The second-order valence-electron chi connectivity index (χ2n) is 5.47. The van der Waals surface area contributed by atoms with Gasteiger partial charge in [-0.25, -0.2) is 4.79 Å². The van der Waals surface area contributed by atoms with Gasteiger partial charge in [-0.1, -0.05) is 12.5 Å². The number of hydrogen-bond acceptors (Lipinski definition) is 3. The molecule has 0 aliphatic carbocycles. The quantitative estimate of drug-likeness (QED) is 0.774. The maximum Gasteiger partial charge on any atom is 0.328 e. The Morgan fingerprint density at radius 1 is 1.19 bits per heavy atom. The van der Waals surface area contributed by atoms with Crippen LogP contribution in [0.2, 0.25) is 0 Å². The molecule has 1 atom stereocenters. The lowest BCUT2D eigenvalue weighted by atomic mass is 10.0. The molecule has 6 nitrogen and oxygen atoms in total. The van der Waals surface area contributed by atoms with Gasteiger partial charge in [0.15, 0.2) is 0 Å². The minimum Gasteiger partial charge on any atom is -0.370 e. The number of unbranched alkanes of at least 4 members (excludes halogenated alkanes) is 1. The van der Waals surface area contributed by atoms with Crippen molar-refractivity contribution in [3.05, 3.63) is 34.2 Å². The van der Waals surface area contributed by atoms with Gasteiger partial charge in [0.05, 0.1) is 11.0 Å². The monoisotopic (exact) mass is 290 g/mol. The summed E-state index contributed by atoms with van der Waals surface area (Å²) in [7, 11) is 3.51. The van der Waals surface area contributed by atoms with Gasteiger partial charge in [-0.05, 0) is 30.5 Å². The normalized spacial score (nSPS) is 12.7. The molecule has 1 amide bonds. The molecule has 1 heterocycles. The first kappa shape index (κ1) is 15.3. The van der Waals surface area contributed by atoms with Crippen molar-refractivity contribution in [1.29, 1.82) is 0 Å². The molecular formula is C15H22N4O2. The highest BCUT2D eigenvalue weighted by atomic mass is 16.2. The number of aromatic nitrogens is 2. The topological polar surface area (TPSA) is 96.0 Å². The summed E-state index contributed by atoms with van der Waals surface area (Å²) in [6, 6.07) is 5.75. The van der Waals surface area contributed by atoms with E-state index in [1.54, 1.807) is 23.2 Å². The molecule has 2 rings (SSSR count). The number of amides is 1. The summed E-state index contributed by atoms with van der Waals surface area (Å²) >= 11 is 0. The number of benzene rings is 1. The van der Waals surface area contributed by atoms with Crippen LogP contribution < -0.4 is 17.2 Å². The predicted octanol–water partition coefficient (Wildman–Crippen LogP) is 0.922. The Balaban J connectivity index is 2.13. The van der Waals surface area contributed by atoms with Crippen molar-refractivity contribution in [3.63, 3.8) is 0 Å². The zero-order valence-corrected chi connectivity index (χ0v) is 12.5. The van der Waals surface area contributed by atoms with Gasteiger partial charge < -0.3 is 11.5 Å². The van der Waals surface area contributed by atoms with E-state index >= 15 is 0 Å². The van der Waals surface area contributed by atoms with Crippen molar-refractivity contribution in [3.8, 4) is 0 Å². The van der Waals surface area contributed by atoms with E-state index < -0.39 is 0 Å². The summed E-state index contributed by atoms with van der Waals surface area (Å²) in [6.07, 6.45) is 2.81. The average Bonchev–Trinajstić information content (AvgIpc) is 2.68. The number of fused-ring (bicyclic) bond motifs is 1. The lowest BCUT2D eigenvalue weighted by Gasteiger charge is -2.12. The molecule has 1 unspecified atom stereocenters. The highest BCUT2D eigenvalue weighted by Crippen LogP contribution is 2.21. The van der Waals surface area contributed by atoms with Crippen LogP contribution in [0.15, 0.2) is 23.0 Å². The molecule has 4 N–H and O–H groups in total. The smallest absolute Gasteiger partial charge is 0.328 e. The SMILES string of the molecule is Cn1c(=O)n(C)c2cc(C(N)CCCCC(N)=O)ccc21. The third-order valence-corrected chi connectivity index (χ3v) is 3.91. The van der Waals surface area contributed by atoms with Crippen molar-refractivity contribution >= 4 is 16.9 Å². The van der Waals surface area contributed by atoms with Crippen LogP contribution in [0.3, 0.4) is 0 Å². The van der Waals surface area contributed by atoms with Crippen molar-refractivity contribution in [2.45, 2.75) is 31.7 Å². The van der Waals surface area contributed by atoms with Gasteiger partial charge in [0.1, 0.15) is 0 Å². The van der Waals surface area contributed by atoms with Gasteiger partial charge in [0, 0.05) is 26.6 Å². The molecule has 0 spiro atoms. The summed E-state index contributed by atoms with van der Waals surface area (Å²) in [5.41, 5.74) is 14.0. The van der Waals surface area contributed by atoms with Crippen LogP contribution in [0.25, 0.3) is 11.0 Å². The van der Waals surface area contributed by atoms with Crippen LogP contribution >= 0.6 is 0 Å². The Bertz CT molecular complexity index is 714. The van der Waals surface area contributed by atoms with Gasteiger partial charge in [-0.2, -0.15) is 0 Å². The van der Waals surface area contributed by atoms with Crippen LogP contribution in [-0.4, -0.2) is 15.0 Å². The van der Waals surface area contributed by atoms with Crippen LogP contribution in [0.4, 0.5) is 0 Å². The maximum absolute atomic E-state index is 11.9. The Morgan fingerprint density at radius 3 is 2.52 bits per heavy atom. The molecule has 0 aliphatic rings. The van der Waals surface area contributed by atoms with Gasteiger partial charge in [-0.15, -0.1) is 0 Å². The Morgan fingerprint density at radius 2 is 1.86 bits per heavy atom. The van der Waals surface area contributed by atoms with E-state index in [0.717, 1.165) is 35.9 Å². The second kappa shape index (κ2) is 6.13. The number of carbonyl (C=O) groups excluding carboxylic acids is 1. The third kappa shape index (κ3) is 3.16. The van der Waals surface area contributed by atoms with E-state index in [-0.39, 0.29) is 17.6 Å². The lowest BCUT2D eigenvalue weighted by Crippen LogP contribution is -2.19. The highest BCUT2D eigenvalue weighted by Gasteiger charge is 2.11. The van der Waals surface area contributed by atoms with Crippen LogP contribution in [0.5, 0.6) is 0 Å². The molecule has 0 bridgehead atoms. The van der Waals surface area contributed by atoms with Crippen LogP contribution in [0.1, 0.15) is 37.3 Å². The average molecular weight is 290 g/mol. The Labute approximate surface area is 123 Å². The van der Waals surface area contributed by atoms with Crippen molar-refractivity contribution in [2.24, 2.45) is 25.6 Å². The summed E-state index contributed by atoms with van der Waals surface area (Å²) in [5, 5.41) is 0. The van der Waals surface area contributed by atoms with Crippen molar-refractivity contribution in [1.82, 2.24) is 9.13 Å². The fourth-order valence-corrected chi connectivity index (χ4v) is 2.58. The van der Waals surface area contributed by atoms with E-state index in [1.807, 2.05) is 18.2 Å². The van der Waals surface area contributed by atoms with E-state index in [0.29, 0.717) is 6.42 Å². The zero-order valence-electron chi connectivity index (χ0n) is 12.5. The molecule has 0 aliphatic heterocycles.